The molecule has 0 saturated heterocycles. The van der Waals surface area contributed by atoms with Gasteiger partial charge >= 0.3 is 0 Å². The summed E-state index contributed by atoms with van der Waals surface area (Å²) in [6.45, 7) is 5.06. The maximum Gasteiger partial charge on any atom is 0.265 e. The molecular formula is C23H25N3O5S. The van der Waals surface area contributed by atoms with Crippen molar-refractivity contribution in [1.82, 2.24) is 5.16 Å². The van der Waals surface area contributed by atoms with Gasteiger partial charge in [-0.1, -0.05) is 42.4 Å². The molecule has 0 fully saturated rings. The van der Waals surface area contributed by atoms with Crippen molar-refractivity contribution in [1.29, 1.82) is 0 Å². The van der Waals surface area contributed by atoms with Gasteiger partial charge in [-0.3, -0.25) is 9.52 Å². The number of anilines is 2. The molecule has 0 radical (unpaired) electrons. The maximum atomic E-state index is 13.2. The van der Waals surface area contributed by atoms with Gasteiger partial charge in [-0.15, -0.1) is 0 Å². The first-order valence-corrected chi connectivity index (χ1v) is 11.4. The number of nitrogens with one attached hydrogen (secondary N) is 2. The molecule has 9 heteroatoms. The number of nitrogens with zero attached hydrogens (tertiary/aromatic N) is 1. The molecule has 0 bridgehead atoms. The summed E-state index contributed by atoms with van der Waals surface area (Å²) in [6, 6.07) is 12.1. The van der Waals surface area contributed by atoms with Crippen molar-refractivity contribution in [2.24, 2.45) is 0 Å². The van der Waals surface area contributed by atoms with E-state index in [1.54, 1.807) is 43.3 Å². The average molecular weight is 456 g/mol. The van der Waals surface area contributed by atoms with Crippen LogP contribution in [0.1, 0.15) is 36.4 Å². The number of sulfonamides is 1. The van der Waals surface area contributed by atoms with Gasteiger partial charge in [0.05, 0.1) is 12.8 Å². The summed E-state index contributed by atoms with van der Waals surface area (Å²) in [6.07, 6.45) is 3.97. The Kier molecular flexibility index (Phi) is 6.99. The largest absolute Gasteiger partial charge is 0.495 e. The van der Waals surface area contributed by atoms with Gasteiger partial charge in [0, 0.05) is 6.92 Å². The van der Waals surface area contributed by atoms with Crippen molar-refractivity contribution in [3.05, 3.63) is 65.0 Å². The summed E-state index contributed by atoms with van der Waals surface area (Å²) in [4.78, 5) is 11.4. The van der Waals surface area contributed by atoms with Gasteiger partial charge in [-0.05, 0) is 48.7 Å². The van der Waals surface area contributed by atoms with Crippen LogP contribution in [-0.4, -0.2) is 26.6 Å². The van der Waals surface area contributed by atoms with E-state index in [0.717, 1.165) is 5.56 Å². The molecule has 0 aliphatic heterocycles. The molecule has 168 valence electrons. The summed E-state index contributed by atoms with van der Waals surface area (Å²) in [5.74, 6) is 0.327. The van der Waals surface area contributed by atoms with E-state index in [-0.39, 0.29) is 16.6 Å². The van der Waals surface area contributed by atoms with Gasteiger partial charge in [-0.25, -0.2) is 8.42 Å². The smallest absolute Gasteiger partial charge is 0.265 e. The lowest BCUT2D eigenvalue weighted by atomic mass is 10.1. The average Bonchev–Trinajstić information content (AvgIpc) is 3.11. The number of aromatic nitrogens is 1. The highest BCUT2D eigenvalue weighted by atomic mass is 32.2. The van der Waals surface area contributed by atoms with Crippen LogP contribution in [0.3, 0.4) is 0 Å². The Hall–Kier alpha value is -3.59. The van der Waals surface area contributed by atoms with Crippen LogP contribution in [0, 0.1) is 6.92 Å². The summed E-state index contributed by atoms with van der Waals surface area (Å²) in [5, 5.41) is 6.54. The van der Waals surface area contributed by atoms with Crippen LogP contribution in [0.2, 0.25) is 0 Å². The summed E-state index contributed by atoms with van der Waals surface area (Å²) in [5.41, 5.74) is 3.01. The van der Waals surface area contributed by atoms with Crippen molar-refractivity contribution in [3.63, 3.8) is 0 Å². The third-order valence-electron chi connectivity index (χ3n) is 4.74. The molecule has 3 aromatic rings. The molecule has 0 unspecified atom stereocenters. The van der Waals surface area contributed by atoms with Gasteiger partial charge in [0.15, 0.2) is 5.76 Å². The number of ether oxygens (including phenoxy) is 1. The first-order chi connectivity index (χ1) is 15.2. The summed E-state index contributed by atoms with van der Waals surface area (Å²) >= 11 is 0. The molecular weight excluding hydrogens is 430 g/mol. The van der Waals surface area contributed by atoms with E-state index in [4.69, 9.17) is 9.26 Å². The molecule has 8 nitrogen and oxygen atoms in total. The van der Waals surface area contributed by atoms with Gasteiger partial charge in [0.1, 0.15) is 22.0 Å². The molecule has 0 spiro atoms. The predicted molar refractivity (Wildman–Crippen MR) is 124 cm³/mol. The number of rotatable bonds is 8. The molecule has 32 heavy (non-hydrogen) atoms. The highest BCUT2D eigenvalue weighted by Gasteiger charge is 2.21. The number of amides is 1. The van der Waals surface area contributed by atoms with Crippen molar-refractivity contribution >= 4 is 39.5 Å². The molecule has 0 atom stereocenters. The summed E-state index contributed by atoms with van der Waals surface area (Å²) < 4.78 is 39.5. The molecule has 3 rings (SSSR count). The van der Waals surface area contributed by atoms with Crippen LogP contribution >= 0.6 is 0 Å². The Bertz CT molecular complexity index is 1260. The third-order valence-corrected chi connectivity index (χ3v) is 6.12. The molecule has 0 aliphatic carbocycles. The number of hydrogen-bond donors (Lipinski definition) is 2. The van der Waals surface area contributed by atoms with Gasteiger partial charge < -0.3 is 14.6 Å². The Balaban J connectivity index is 1.96. The molecule has 0 aliphatic rings. The third kappa shape index (κ3) is 5.17. The zero-order valence-electron chi connectivity index (χ0n) is 18.3. The lowest BCUT2D eigenvalue weighted by Gasteiger charge is -2.14. The monoisotopic (exact) mass is 455 g/mol. The minimum Gasteiger partial charge on any atom is -0.495 e. The fraction of sp³-hybridized carbons (Fsp3) is 0.217. The quantitative estimate of drug-likeness (QED) is 0.518. The number of carbonyl (C=O) groups is 1. The standard InChI is InChI=1S/C23H25N3O5S/c1-5-18-8-6-7-9-19(18)26-32(28,29)22-14-17(10-12-20(22)30-4)11-13-21-23(24-16(3)27)15(2)25-31-21/h6-14,26H,5H2,1-4H3,(H,24,27). The van der Waals surface area contributed by atoms with E-state index in [2.05, 4.69) is 15.2 Å². The van der Waals surface area contributed by atoms with Crippen molar-refractivity contribution < 1.29 is 22.5 Å². The van der Waals surface area contributed by atoms with Crippen LogP contribution in [0.4, 0.5) is 11.4 Å². The number of methoxy groups -OCH3 is 1. The molecule has 1 amide bonds. The number of hydrogen-bond acceptors (Lipinski definition) is 6. The molecule has 2 N–H and O–H groups in total. The molecule has 0 saturated carbocycles. The first-order valence-electron chi connectivity index (χ1n) is 9.96. The Labute approximate surface area is 187 Å². The van der Waals surface area contributed by atoms with Crippen LogP contribution < -0.4 is 14.8 Å². The lowest BCUT2D eigenvalue weighted by Crippen LogP contribution is -2.15. The number of carbonyl (C=O) groups excluding carboxylic acids is 1. The van der Waals surface area contributed by atoms with E-state index in [1.165, 1.54) is 20.1 Å². The highest BCUT2D eigenvalue weighted by Crippen LogP contribution is 2.29. The van der Waals surface area contributed by atoms with Crippen molar-refractivity contribution in [2.45, 2.75) is 32.1 Å². The van der Waals surface area contributed by atoms with Crippen LogP contribution in [0.25, 0.3) is 12.2 Å². The minimum absolute atomic E-state index is 0.00360. The van der Waals surface area contributed by atoms with Crippen molar-refractivity contribution in [3.8, 4) is 5.75 Å². The topological polar surface area (TPSA) is 111 Å². The lowest BCUT2D eigenvalue weighted by molar-refractivity contribution is -0.114. The van der Waals surface area contributed by atoms with Gasteiger partial charge in [0.2, 0.25) is 5.91 Å². The van der Waals surface area contributed by atoms with Crippen LogP contribution in [0.15, 0.2) is 51.9 Å². The van der Waals surface area contributed by atoms with E-state index >= 15 is 0 Å². The zero-order chi connectivity index (χ0) is 23.3. The van der Waals surface area contributed by atoms with E-state index in [1.807, 2.05) is 19.1 Å². The molecule has 1 aromatic heterocycles. The van der Waals surface area contributed by atoms with Gasteiger partial charge in [-0.2, -0.15) is 0 Å². The second-order valence-corrected chi connectivity index (χ2v) is 8.70. The highest BCUT2D eigenvalue weighted by molar-refractivity contribution is 7.92. The second-order valence-electron chi connectivity index (χ2n) is 7.05. The van der Waals surface area contributed by atoms with Crippen molar-refractivity contribution in [2.75, 3.05) is 17.1 Å². The predicted octanol–water partition coefficient (Wildman–Crippen LogP) is 4.48. The van der Waals surface area contributed by atoms with Crippen LogP contribution in [0.5, 0.6) is 5.75 Å². The maximum absolute atomic E-state index is 13.2. The molecule has 1 heterocycles. The SMILES string of the molecule is CCc1ccccc1NS(=O)(=O)c1cc(C=Cc2onc(C)c2NC(C)=O)ccc1OC. The van der Waals surface area contributed by atoms with E-state index in [0.29, 0.717) is 34.8 Å². The summed E-state index contributed by atoms with van der Waals surface area (Å²) in [7, 11) is -2.50. The Morgan fingerprint density at radius 3 is 2.62 bits per heavy atom. The van der Waals surface area contributed by atoms with E-state index < -0.39 is 10.0 Å². The van der Waals surface area contributed by atoms with Gasteiger partial charge in [0.25, 0.3) is 10.0 Å². The molecule has 2 aromatic carbocycles. The van der Waals surface area contributed by atoms with Crippen LogP contribution in [-0.2, 0) is 21.2 Å². The minimum atomic E-state index is -3.92. The fourth-order valence-corrected chi connectivity index (χ4v) is 4.44. The number of para-hydroxylation sites is 1. The van der Waals surface area contributed by atoms with E-state index in [9.17, 15) is 13.2 Å². The zero-order valence-corrected chi connectivity index (χ0v) is 19.1. The number of benzene rings is 2. The Morgan fingerprint density at radius 1 is 1.19 bits per heavy atom. The first kappa shape index (κ1) is 23.1. The fourth-order valence-electron chi connectivity index (χ4n) is 3.14. The second kappa shape index (κ2) is 9.69. The Morgan fingerprint density at radius 2 is 1.94 bits per heavy atom. The number of aryl methyl sites for hydroxylation is 2. The normalized spacial score (nSPS) is 11.5.